The summed E-state index contributed by atoms with van der Waals surface area (Å²) in [6.45, 7) is 6.39. The van der Waals surface area contributed by atoms with Crippen LogP contribution in [0, 0.1) is 6.92 Å². The normalized spacial score (nSPS) is 12.8. The summed E-state index contributed by atoms with van der Waals surface area (Å²) in [6.07, 6.45) is 5.48. The maximum atomic E-state index is 4.45. The second-order valence-electron chi connectivity index (χ2n) is 3.42. The van der Waals surface area contributed by atoms with Gasteiger partial charge in [-0.1, -0.05) is 20.3 Å². The number of hydrogen-bond acceptors (Lipinski definition) is 2. The maximum Gasteiger partial charge on any atom is 0.125 e. The molecule has 0 spiro atoms. The van der Waals surface area contributed by atoms with E-state index in [-0.39, 0.29) is 0 Å². The zero-order valence-electron chi connectivity index (χ0n) is 8.75. The fraction of sp³-hybridized carbons (Fsp3) is 0.636. The molecule has 0 saturated heterocycles. The van der Waals surface area contributed by atoms with Gasteiger partial charge in [-0.05, 0) is 25.8 Å². The quantitative estimate of drug-likeness (QED) is 0.708. The summed E-state index contributed by atoms with van der Waals surface area (Å²) in [5, 5.41) is 0. The van der Waals surface area contributed by atoms with Gasteiger partial charge in [0, 0.05) is 17.8 Å². The average Bonchev–Trinajstić information content (AvgIpc) is 2.14. The van der Waals surface area contributed by atoms with Gasteiger partial charge in [0.2, 0.25) is 0 Å². The fourth-order valence-corrected chi connectivity index (χ4v) is 1.61. The van der Waals surface area contributed by atoms with Gasteiger partial charge in [0.05, 0.1) is 0 Å². The molecule has 13 heavy (non-hydrogen) atoms. The maximum absolute atomic E-state index is 4.45. The lowest BCUT2D eigenvalue weighted by atomic mass is 9.97. The minimum Gasteiger partial charge on any atom is -0.242 e. The Morgan fingerprint density at radius 2 is 2.15 bits per heavy atom. The molecule has 0 radical (unpaired) electrons. The first-order valence-corrected chi connectivity index (χ1v) is 5.07. The molecule has 1 aromatic rings. The van der Waals surface area contributed by atoms with Crippen molar-refractivity contribution in [1.29, 1.82) is 0 Å². The molecule has 2 nitrogen and oxygen atoms in total. The zero-order chi connectivity index (χ0) is 9.68. The molecule has 0 N–H and O–H groups in total. The monoisotopic (exact) mass is 178 g/mol. The Balaban J connectivity index is 2.78. The van der Waals surface area contributed by atoms with Crippen LogP contribution < -0.4 is 0 Å². The topological polar surface area (TPSA) is 25.8 Å². The number of nitrogens with zero attached hydrogens (tertiary/aromatic N) is 2. The third kappa shape index (κ3) is 2.79. The number of aryl methyl sites for hydroxylation is 1. The number of aromatic nitrogens is 2. The van der Waals surface area contributed by atoms with E-state index < -0.39 is 0 Å². The van der Waals surface area contributed by atoms with Gasteiger partial charge < -0.3 is 0 Å². The summed E-state index contributed by atoms with van der Waals surface area (Å²) < 4.78 is 0. The molecular formula is C11H18N2. The van der Waals surface area contributed by atoms with Crippen LogP contribution in [0.2, 0.25) is 0 Å². The van der Waals surface area contributed by atoms with Gasteiger partial charge in [-0.15, -0.1) is 0 Å². The molecule has 0 aliphatic rings. The molecule has 2 heteroatoms. The molecule has 0 aliphatic heterocycles. The van der Waals surface area contributed by atoms with Crippen LogP contribution in [0.4, 0.5) is 0 Å². The van der Waals surface area contributed by atoms with Crippen molar-refractivity contribution in [3.63, 3.8) is 0 Å². The molecule has 1 rings (SSSR count). The van der Waals surface area contributed by atoms with Gasteiger partial charge in [-0.25, -0.2) is 9.97 Å². The highest BCUT2D eigenvalue weighted by Gasteiger charge is 2.09. The van der Waals surface area contributed by atoms with Crippen LogP contribution in [0.25, 0.3) is 0 Å². The fourth-order valence-electron chi connectivity index (χ4n) is 1.61. The van der Waals surface area contributed by atoms with Gasteiger partial charge in [0.25, 0.3) is 0 Å². The molecule has 1 atom stereocenters. The Labute approximate surface area is 80.4 Å². The summed E-state index contributed by atoms with van der Waals surface area (Å²) in [4.78, 5) is 8.56. The van der Waals surface area contributed by atoms with Crippen LogP contribution in [0.1, 0.15) is 50.5 Å². The highest BCUT2D eigenvalue weighted by atomic mass is 14.9. The van der Waals surface area contributed by atoms with Crippen molar-refractivity contribution in [3.05, 3.63) is 23.8 Å². The Morgan fingerprint density at radius 1 is 1.38 bits per heavy atom. The van der Waals surface area contributed by atoms with Crippen molar-refractivity contribution in [1.82, 2.24) is 9.97 Å². The van der Waals surface area contributed by atoms with E-state index in [0.717, 1.165) is 5.82 Å². The smallest absolute Gasteiger partial charge is 0.125 e. The Morgan fingerprint density at radius 3 is 2.69 bits per heavy atom. The first kappa shape index (κ1) is 10.2. The van der Waals surface area contributed by atoms with Gasteiger partial charge in [-0.2, -0.15) is 0 Å². The minimum atomic E-state index is 0.617. The lowest BCUT2D eigenvalue weighted by molar-refractivity contribution is 0.578. The second kappa shape index (κ2) is 4.95. The molecule has 72 valence electrons. The van der Waals surface area contributed by atoms with E-state index in [0.29, 0.717) is 5.92 Å². The number of rotatable bonds is 4. The molecular weight excluding hydrogens is 160 g/mol. The van der Waals surface area contributed by atoms with E-state index in [4.69, 9.17) is 0 Å². The first-order chi connectivity index (χ1) is 6.27. The molecule has 0 aliphatic carbocycles. The van der Waals surface area contributed by atoms with Gasteiger partial charge in [0.15, 0.2) is 0 Å². The van der Waals surface area contributed by atoms with Gasteiger partial charge >= 0.3 is 0 Å². The SMILES string of the molecule is CCCC(CC)c1ccnc(C)n1. The second-order valence-corrected chi connectivity index (χ2v) is 3.42. The highest BCUT2D eigenvalue weighted by molar-refractivity contribution is 5.07. The largest absolute Gasteiger partial charge is 0.242 e. The van der Waals surface area contributed by atoms with Crippen LogP contribution in [-0.2, 0) is 0 Å². The summed E-state index contributed by atoms with van der Waals surface area (Å²) >= 11 is 0. The van der Waals surface area contributed by atoms with E-state index in [1.807, 2.05) is 19.2 Å². The minimum absolute atomic E-state index is 0.617. The van der Waals surface area contributed by atoms with Crippen molar-refractivity contribution in [2.45, 2.75) is 46.0 Å². The molecule has 0 fully saturated rings. The van der Waals surface area contributed by atoms with Crippen LogP contribution in [0.15, 0.2) is 12.3 Å². The Bertz CT molecular complexity index is 258. The third-order valence-electron chi connectivity index (χ3n) is 2.35. The molecule has 0 saturated carbocycles. The molecule has 0 amide bonds. The zero-order valence-corrected chi connectivity index (χ0v) is 8.75. The Hall–Kier alpha value is -0.920. The summed E-state index contributed by atoms with van der Waals surface area (Å²) in [6, 6.07) is 2.04. The van der Waals surface area contributed by atoms with E-state index in [2.05, 4.69) is 23.8 Å². The lowest BCUT2D eigenvalue weighted by Crippen LogP contribution is -2.02. The standard InChI is InChI=1S/C11H18N2/c1-4-6-10(5-2)11-7-8-12-9(3)13-11/h7-8,10H,4-6H2,1-3H3. The van der Waals surface area contributed by atoms with E-state index in [1.165, 1.54) is 25.0 Å². The number of hydrogen-bond donors (Lipinski definition) is 0. The van der Waals surface area contributed by atoms with Crippen molar-refractivity contribution in [2.24, 2.45) is 0 Å². The molecule has 1 aromatic heterocycles. The third-order valence-corrected chi connectivity index (χ3v) is 2.35. The van der Waals surface area contributed by atoms with Gasteiger partial charge in [-0.3, -0.25) is 0 Å². The van der Waals surface area contributed by atoms with E-state index in [1.54, 1.807) is 0 Å². The van der Waals surface area contributed by atoms with Gasteiger partial charge in [0.1, 0.15) is 5.82 Å². The average molecular weight is 178 g/mol. The van der Waals surface area contributed by atoms with Crippen molar-refractivity contribution in [2.75, 3.05) is 0 Å². The lowest BCUT2D eigenvalue weighted by Gasteiger charge is -2.12. The van der Waals surface area contributed by atoms with E-state index >= 15 is 0 Å². The first-order valence-electron chi connectivity index (χ1n) is 5.07. The van der Waals surface area contributed by atoms with E-state index in [9.17, 15) is 0 Å². The molecule has 1 heterocycles. The molecule has 0 bridgehead atoms. The van der Waals surface area contributed by atoms with Crippen LogP contribution in [0.5, 0.6) is 0 Å². The summed E-state index contributed by atoms with van der Waals surface area (Å²) in [5.41, 5.74) is 1.21. The summed E-state index contributed by atoms with van der Waals surface area (Å²) in [7, 11) is 0. The Kier molecular flexibility index (Phi) is 3.87. The van der Waals surface area contributed by atoms with Crippen LogP contribution in [0.3, 0.4) is 0 Å². The van der Waals surface area contributed by atoms with Crippen LogP contribution in [-0.4, -0.2) is 9.97 Å². The predicted molar refractivity (Wildman–Crippen MR) is 54.7 cm³/mol. The van der Waals surface area contributed by atoms with Crippen LogP contribution >= 0.6 is 0 Å². The highest BCUT2D eigenvalue weighted by Crippen LogP contribution is 2.22. The van der Waals surface area contributed by atoms with Crippen molar-refractivity contribution >= 4 is 0 Å². The molecule has 1 unspecified atom stereocenters. The summed E-state index contributed by atoms with van der Waals surface area (Å²) in [5.74, 6) is 1.50. The molecule has 0 aromatic carbocycles. The van der Waals surface area contributed by atoms with Crippen molar-refractivity contribution in [3.8, 4) is 0 Å². The van der Waals surface area contributed by atoms with Crippen molar-refractivity contribution < 1.29 is 0 Å². The predicted octanol–water partition coefficient (Wildman–Crippen LogP) is 3.08.